The van der Waals surface area contributed by atoms with E-state index in [0.29, 0.717) is 23.8 Å². The lowest BCUT2D eigenvalue weighted by atomic mass is 10.0. The normalized spacial score (nSPS) is 15.1. The molecule has 0 atom stereocenters. The summed E-state index contributed by atoms with van der Waals surface area (Å²) in [5.41, 5.74) is 3.34. The molecule has 0 unspecified atom stereocenters. The second kappa shape index (κ2) is 7.49. The van der Waals surface area contributed by atoms with E-state index in [4.69, 9.17) is 4.74 Å². The monoisotopic (exact) mass is 352 g/mol. The predicted octanol–water partition coefficient (Wildman–Crippen LogP) is 2.57. The molecule has 0 aliphatic carbocycles. The van der Waals surface area contributed by atoms with E-state index in [9.17, 15) is 4.79 Å². The quantitative estimate of drug-likeness (QED) is 0.669. The van der Waals surface area contributed by atoms with Gasteiger partial charge in [0, 0.05) is 43.3 Å². The summed E-state index contributed by atoms with van der Waals surface area (Å²) in [4.78, 5) is 21.0. The van der Waals surface area contributed by atoms with E-state index < -0.39 is 0 Å². The average molecular weight is 352 g/mol. The summed E-state index contributed by atoms with van der Waals surface area (Å²) in [6, 6.07) is 5.27. The van der Waals surface area contributed by atoms with Gasteiger partial charge in [-0.1, -0.05) is 0 Å². The second-order valence-corrected chi connectivity index (χ2v) is 6.34. The molecule has 3 N–H and O–H groups in total. The van der Waals surface area contributed by atoms with Crippen LogP contribution in [0.15, 0.2) is 36.8 Å². The Morgan fingerprint density at radius 1 is 1.19 bits per heavy atom. The standard InChI is InChI=1S/C18H20N6O2/c25-18(20-8-12-3-5-26-6-4-12)24-17-2-1-15-16(23-17)7-13(9-19-15)14-10-21-22-11-14/h1-2,7,9-12H,3-6,8H2,(H,21,22)(H2,20,23,24,25). The molecule has 1 aliphatic rings. The third kappa shape index (κ3) is 3.80. The van der Waals surface area contributed by atoms with Gasteiger partial charge in [0.1, 0.15) is 5.82 Å². The maximum Gasteiger partial charge on any atom is 0.320 e. The number of nitrogens with one attached hydrogen (secondary N) is 3. The molecular weight excluding hydrogens is 332 g/mol. The Morgan fingerprint density at radius 2 is 2.08 bits per heavy atom. The maximum absolute atomic E-state index is 12.1. The van der Waals surface area contributed by atoms with Crippen LogP contribution >= 0.6 is 0 Å². The van der Waals surface area contributed by atoms with Gasteiger partial charge in [0.15, 0.2) is 0 Å². The van der Waals surface area contributed by atoms with Gasteiger partial charge in [0.05, 0.1) is 17.2 Å². The van der Waals surface area contributed by atoms with Crippen molar-refractivity contribution in [1.82, 2.24) is 25.5 Å². The summed E-state index contributed by atoms with van der Waals surface area (Å²) in [6.07, 6.45) is 7.28. The van der Waals surface area contributed by atoms with Crippen LogP contribution in [0.5, 0.6) is 0 Å². The van der Waals surface area contributed by atoms with Crippen LogP contribution in [0.4, 0.5) is 10.6 Å². The largest absolute Gasteiger partial charge is 0.381 e. The summed E-state index contributed by atoms with van der Waals surface area (Å²) >= 11 is 0. The first-order chi connectivity index (χ1) is 12.8. The van der Waals surface area contributed by atoms with Gasteiger partial charge < -0.3 is 10.1 Å². The Morgan fingerprint density at radius 3 is 2.88 bits per heavy atom. The topological polar surface area (TPSA) is 105 Å². The highest BCUT2D eigenvalue weighted by Gasteiger charge is 2.15. The molecule has 0 bridgehead atoms. The Kier molecular flexibility index (Phi) is 4.74. The molecule has 3 aromatic rings. The number of H-pyrrole nitrogens is 1. The van der Waals surface area contributed by atoms with Crippen molar-refractivity contribution in [2.75, 3.05) is 25.1 Å². The minimum Gasteiger partial charge on any atom is -0.381 e. The van der Waals surface area contributed by atoms with E-state index in [1.54, 1.807) is 24.7 Å². The number of urea groups is 1. The van der Waals surface area contributed by atoms with Crippen LogP contribution in [0.2, 0.25) is 0 Å². The molecule has 1 saturated heterocycles. The van der Waals surface area contributed by atoms with Gasteiger partial charge in [-0.15, -0.1) is 0 Å². The Labute approximate surface area is 150 Å². The van der Waals surface area contributed by atoms with Crippen LogP contribution < -0.4 is 10.6 Å². The van der Waals surface area contributed by atoms with Gasteiger partial charge >= 0.3 is 6.03 Å². The van der Waals surface area contributed by atoms with E-state index in [0.717, 1.165) is 42.7 Å². The van der Waals surface area contributed by atoms with Gasteiger partial charge in [-0.05, 0) is 37.0 Å². The lowest BCUT2D eigenvalue weighted by molar-refractivity contribution is 0.0671. The summed E-state index contributed by atoms with van der Waals surface area (Å²) < 4.78 is 5.33. The molecule has 134 valence electrons. The summed E-state index contributed by atoms with van der Waals surface area (Å²) in [5, 5.41) is 12.4. The van der Waals surface area contributed by atoms with E-state index >= 15 is 0 Å². The van der Waals surface area contributed by atoms with Gasteiger partial charge in [0.25, 0.3) is 0 Å². The highest BCUT2D eigenvalue weighted by atomic mass is 16.5. The van der Waals surface area contributed by atoms with Crippen LogP contribution in [0.25, 0.3) is 22.2 Å². The molecule has 8 heteroatoms. The molecule has 0 spiro atoms. The number of carbonyl (C=O) groups is 1. The van der Waals surface area contributed by atoms with Crippen LogP contribution in [0, 0.1) is 5.92 Å². The minimum atomic E-state index is -0.248. The zero-order valence-electron chi connectivity index (χ0n) is 14.2. The Balaban J connectivity index is 1.43. The number of aromatic amines is 1. The zero-order valence-corrected chi connectivity index (χ0v) is 14.2. The van der Waals surface area contributed by atoms with E-state index in [-0.39, 0.29) is 6.03 Å². The lowest BCUT2D eigenvalue weighted by Gasteiger charge is -2.22. The highest BCUT2D eigenvalue weighted by Crippen LogP contribution is 2.21. The van der Waals surface area contributed by atoms with E-state index in [1.807, 2.05) is 12.1 Å². The number of nitrogens with zero attached hydrogens (tertiary/aromatic N) is 3. The smallest absolute Gasteiger partial charge is 0.320 e. The van der Waals surface area contributed by atoms with Crippen LogP contribution in [-0.2, 0) is 4.74 Å². The summed E-state index contributed by atoms with van der Waals surface area (Å²) in [5.74, 6) is 0.967. The lowest BCUT2D eigenvalue weighted by Crippen LogP contribution is -2.35. The second-order valence-electron chi connectivity index (χ2n) is 6.34. The predicted molar refractivity (Wildman–Crippen MR) is 97.7 cm³/mol. The number of rotatable bonds is 4. The maximum atomic E-state index is 12.1. The summed E-state index contributed by atoms with van der Waals surface area (Å²) in [6.45, 7) is 2.19. The number of pyridine rings is 2. The van der Waals surface area contributed by atoms with Crippen molar-refractivity contribution in [2.24, 2.45) is 5.92 Å². The third-order valence-corrected chi connectivity index (χ3v) is 4.50. The number of hydrogen-bond donors (Lipinski definition) is 3. The molecular formula is C18H20N6O2. The number of fused-ring (bicyclic) bond motifs is 1. The van der Waals surface area contributed by atoms with Crippen molar-refractivity contribution < 1.29 is 9.53 Å². The fourth-order valence-corrected chi connectivity index (χ4v) is 2.99. The highest BCUT2D eigenvalue weighted by molar-refractivity contribution is 5.90. The number of carbonyl (C=O) groups excluding carboxylic acids is 1. The van der Waals surface area contributed by atoms with Crippen molar-refractivity contribution in [2.45, 2.75) is 12.8 Å². The molecule has 1 fully saturated rings. The van der Waals surface area contributed by atoms with Crippen molar-refractivity contribution in [1.29, 1.82) is 0 Å². The fraction of sp³-hybridized carbons (Fsp3) is 0.333. The molecule has 0 saturated carbocycles. The molecule has 0 aromatic carbocycles. The summed E-state index contributed by atoms with van der Waals surface area (Å²) in [7, 11) is 0. The first-order valence-corrected chi connectivity index (χ1v) is 8.66. The molecule has 0 radical (unpaired) electrons. The van der Waals surface area contributed by atoms with Crippen LogP contribution in [0.1, 0.15) is 12.8 Å². The number of amides is 2. The number of hydrogen-bond acceptors (Lipinski definition) is 5. The number of ether oxygens (including phenoxy) is 1. The van der Waals surface area contributed by atoms with Gasteiger partial charge in [-0.25, -0.2) is 9.78 Å². The molecule has 2 amide bonds. The SMILES string of the molecule is O=C(NCC1CCOCC1)Nc1ccc2ncc(-c3cn[nH]c3)cc2n1. The van der Waals surface area contributed by atoms with E-state index in [2.05, 4.69) is 30.8 Å². The first kappa shape index (κ1) is 16.5. The Bertz CT molecular complexity index is 890. The van der Waals surface area contributed by atoms with Crippen molar-refractivity contribution in [3.05, 3.63) is 36.8 Å². The van der Waals surface area contributed by atoms with Crippen molar-refractivity contribution in [3.63, 3.8) is 0 Å². The molecule has 8 nitrogen and oxygen atoms in total. The van der Waals surface area contributed by atoms with Crippen LogP contribution in [-0.4, -0.2) is 46.0 Å². The third-order valence-electron chi connectivity index (χ3n) is 4.50. The Hall–Kier alpha value is -3.00. The zero-order chi connectivity index (χ0) is 17.8. The van der Waals surface area contributed by atoms with Gasteiger partial charge in [0.2, 0.25) is 0 Å². The number of anilines is 1. The van der Waals surface area contributed by atoms with E-state index in [1.165, 1.54) is 0 Å². The first-order valence-electron chi connectivity index (χ1n) is 8.66. The van der Waals surface area contributed by atoms with Gasteiger partial charge in [-0.3, -0.25) is 15.4 Å². The fourth-order valence-electron chi connectivity index (χ4n) is 2.99. The average Bonchev–Trinajstić information content (AvgIpc) is 3.21. The number of aromatic nitrogens is 4. The molecule has 4 rings (SSSR count). The van der Waals surface area contributed by atoms with Gasteiger partial charge in [-0.2, -0.15) is 5.10 Å². The van der Waals surface area contributed by atoms with Crippen molar-refractivity contribution >= 4 is 22.9 Å². The van der Waals surface area contributed by atoms with Crippen molar-refractivity contribution in [3.8, 4) is 11.1 Å². The van der Waals surface area contributed by atoms with Crippen LogP contribution in [0.3, 0.4) is 0 Å². The molecule has 3 aromatic heterocycles. The molecule has 4 heterocycles. The minimum absolute atomic E-state index is 0.248. The molecule has 26 heavy (non-hydrogen) atoms. The molecule has 1 aliphatic heterocycles.